The molecule has 5 heteroatoms. The van der Waals surface area contributed by atoms with Crippen LogP contribution >= 0.6 is 15.9 Å². The van der Waals surface area contributed by atoms with Crippen molar-refractivity contribution < 1.29 is 19.0 Å². The maximum Gasteiger partial charge on any atom is 0.204 e. The Bertz CT molecular complexity index is 390. The Kier molecular flexibility index (Phi) is 4.61. The van der Waals surface area contributed by atoms with Crippen LogP contribution in [0.1, 0.15) is 10.4 Å². The van der Waals surface area contributed by atoms with Gasteiger partial charge in [-0.2, -0.15) is 0 Å². The number of ketones is 1. The Labute approximate surface area is 103 Å². The molecule has 0 aromatic heterocycles. The van der Waals surface area contributed by atoms with Crippen LogP contribution in [0.2, 0.25) is 0 Å². The number of hydrogen-bond acceptors (Lipinski definition) is 4. The van der Waals surface area contributed by atoms with Crippen LogP contribution in [0, 0.1) is 0 Å². The second kappa shape index (κ2) is 5.75. The van der Waals surface area contributed by atoms with E-state index in [0.717, 1.165) is 0 Å². The lowest BCUT2D eigenvalue weighted by molar-refractivity contribution is 0.102. The van der Waals surface area contributed by atoms with Gasteiger partial charge in [-0.3, -0.25) is 4.79 Å². The molecule has 0 atom stereocenters. The van der Waals surface area contributed by atoms with Gasteiger partial charge in [0.05, 0.1) is 32.2 Å². The fourth-order valence-electron chi connectivity index (χ4n) is 1.39. The van der Waals surface area contributed by atoms with Crippen molar-refractivity contribution in [1.29, 1.82) is 0 Å². The van der Waals surface area contributed by atoms with E-state index in [0.29, 0.717) is 22.8 Å². The number of carbonyl (C=O) groups is 1. The van der Waals surface area contributed by atoms with Crippen LogP contribution in [0.3, 0.4) is 0 Å². The fourth-order valence-corrected chi connectivity index (χ4v) is 1.69. The smallest absolute Gasteiger partial charge is 0.204 e. The van der Waals surface area contributed by atoms with E-state index < -0.39 is 0 Å². The summed E-state index contributed by atoms with van der Waals surface area (Å²) in [6, 6.07) is 3.33. The Morgan fingerprint density at radius 3 is 2.19 bits per heavy atom. The molecule has 0 aliphatic carbocycles. The first-order valence-corrected chi connectivity index (χ1v) is 5.69. The molecule has 0 spiro atoms. The average molecular weight is 289 g/mol. The normalized spacial score (nSPS) is 9.75. The molecular formula is C11H13BrO4. The molecule has 0 fully saturated rings. The van der Waals surface area contributed by atoms with Crippen LogP contribution in [-0.4, -0.2) is 32.4 Å². The highest BCUT2D eigenvalue weighted by Gasteiger charge is 2.19. The zero-order valence-electron chi connectivity index (χ0n) is 9.37. The summed E-state index contributed by atoms with van der Waals surface area (Å²) < 4.78 is 15.5. The highest BCUT2D eigenvalue weighted by Crippen LogP contribution is 2.39. The number of carbonyl (C=O) groups excluding carboxylic acids is 1. The Hall–Kier alpha value is -1.23. The number of halogens is 1. The maximum absolute atomic E-state index is 11.6. The van der Waals surface area contributed by atoms with E-state index in [1.54, 1.807) is 12.1 Å². The molecule has 1 aromatic carbocycles. The highest BCUT2D eigenvalue weighted by atomic mass is 79.9. The highest BCUT2D eigenvalue weighted by molar-refractivity contribution is 9.09. The lowest BCUT2D eigenvalue weighted by Gasteiger charge is -2.14. The third-order valence-electron chi connectivity index (χ3n) is 2.13. The lowest BCUT2D eigenvalue weighted by Crippen LogP contribution is -2.05. The topological polar surface area (TPSA) is 44.8 Å². The molecule has 0 radical (unpaired) electrons. The van der Waals surface area contributed by atoms with Crippen LogP contribution in [0.25, 0.3) is 0 Å². The van der Waals surface area contributed by atoms with E-state index in [1.165, 1.54) is 21.3 Å². The SMILES string of the molecule is COc1ccc(C(=O)CBr)c(OC)c1OC. The number of hydrogen-bond donors (Lipinski definition) is 0. The number of Topliss-reactive ketones (excluding diaryl/α,β-unsaturated/α-hetero) is 1. The minimum absolute atomic E-state index is 0.0715. The Balaban J connectivity index is 3.37. The predicted octanol–water partition coefficient (Wildman–Crippen LogP) is 2.29. The molecule has 1 rings (SSSR count). The lowest BCUT2D eigenvalue weighted by atomic mass is 10.1. The van der Waals surface area contributed by atoms with Crippen molar-refractivity contribution in [2.24, 2.45) is 0 Å². The van der Waals surface area contributed by atoms with Gasteiger partial charge >= 0.3 is 0 Å². The van der Waals surface area contributed by atoms with E-state index in [4.69, 9.17) is 14.2 Å². The van der Waals surface area contributed by atoms with E-state index in [-0.39, 0.29) is 11.1 Å². The van der Waals surface area contributed by atoms with Gasteiger partial charge < -0.3 is 14.2 Å². The van der Waals surface area contributed by atoms with E-state index >= 15 is 0 Å². The zero-order valence-corrected chi connectivity index (χ0v) is 11.0. The van der Waals surface area contributed by atoms with Crippen LogP contribution in [0.15, 0.2) is 12.1 Å². The third-order valence-corrected chi connectivity index (χ3v) is 2.64. The van der Waals surface area contributed by atoms with Gasteiger partial charge in [-0.05, 0) is 12.1 Å². The molecule has 0 heterocycles. The molecule has 0 saturated heterocycles. The molecule has 88 valence electrons. The minimum Gasteiger partial charge on any atom is -0.493 e. The molecule has 0 saturated carbocycles. The molecule has 0 aliphatic rings. The molecule has 0 amide bonds. The van der Waals surface area contributed by atoms with Crippen molar-refractivity contribution in [3.8, 4) is 17.2 Å². The summed E-state index contributed by atoms with van der Waals surface area (Å²) >= 11 is 3.12. The summed E-state index contributed by atoms with van der Waals surface area (Å²) in [6.45, 7) is 0. The number of alkyl halides is 1. The standard InChI is InChI=1S/C11H13BrO4/c1-14-9-5-4-7(8(13)6-12)10(15-2)11(9)16-3/h4-5H,6H2,1-3H3. The largest absolute Gasteiger partial charge is 0.493 e. The van der Waals surface area contributed by atoms with Crippen molar-refractivity contribution in [2.45, 2.75) is 0 Å². The number of rotatable bonds is 5. The van der Waals surface area contributed by atoms with Gasteiger partial charge in [-0.1, -0.05) is 15.9 Å². The summed E-state index contributed by atoms with van der Waals surface area (Å²) in [4.78, 5) is 11.6. The van der Waals surface area contributed by atoms with Crippen molar-refractivity contribution in [1.82, 2.24) is 0 Å². The van der Waals surface area contributed by atoms with Gasteiger partial charge in [0.15, 0.2) is 17.3 Å². The van der Waals surface area contributed by atoms with Gasteiger partial charge in [-0.25, -0.2) is 0 Å². The number of methoxy groups -OCH3 is 3. The first-order chi connectivity index (χ1) is 7.69. The molecule has 0 aliphatic heterocycles. The van der Waals surface area contributed by atoms with Gasteiger partial charge in [0.2, 0.25) is 5.75 Å². The zero-order chi connectivity index (χ0) is 12.1. The van der Waals surface area contributed by atoms with Gasteiger partial charge in [0.1, 0.15) is 0 Å². The first kappa shape index (κ1) is 12.8. The summed E-state index contributed by atoms with van der Waals surface area (Å²) in [5.41, 5.74) is 0.469. The van der Waals surface area contributed by atoms with Crippen LogP contribution < -0.4 is 14.2 Å². The first-order valence-electron chi connectivity index (χ1n) is 4.57. The molecular weight excluding hydrogens is 276 g/mol. The van der Waals surface area contributed by atoms with Gasteiger partial charge in [0.25, 0.3) is 0 Å². The number of ether oxygens (including phenoxy) is 3. The second-order valence-corrected chi connectivity index (χ2v) is 3.50. The maximum atomic E-state index is 11.6. The van der Waals surface area contributed by atoms with E-state index in [2.05, 4.69) is 15.9 Å². The third kappa shape index (κ3) is 2.29. The Morgan fingerprint density at radius 2 is 1.75 bits per heavy atom. The average Bonchev–Trinajstić information content (AvgIpc) is 2.35. The molecule has 0 unspecified atom stereocenters. The molecule has 16 heavy (non-hydrogen) atoms. The van der Waals surface area contributed by atoms with Crippen molar-refractivity contribution >= 4 is 21.7 Å². The summed E-state index contributed by atoms with van der Waals surface area (Å²) in [5.74, 6) is 1.28. The number of benzene rings is 1. The van der Waals surface area contributed by atoms with Crippen LogP contribution in [0.4, 0.5) is 0 Å². The van der Waals surface area contributed by atoms with Crippen LogP contribution in [0.5, 0.6) is 17.2 Å². The van der Waals surface area contributed by atoms with Gasteiger partial charge in [-0.15, -0.1) is 0 Å². The summed E-state index contributed by atoms with van der Waals surface area (Å²) in [7, 11) is 4.52. The minimum atomic E-state index is -0.0715. The molecule has 4 nitrogen and oxygen atoms in total. The van der Waals surface area contributed by atoms with E-state index in [1.807, 2.05) is 0 Å². The second-order valence-electron chi connectivity index (χ2n) is 2.94. The molecule has 1 aromatic rings. The molecule has 0 N–H and O–H groups in total. The van der Waals surface area contributed by atoms with Crippen molar-refractivity contribution in [3.05, 3.63) is 17.7 Å². The quantitative estimate of drug-likeness (QED) is 0.616. The van der Waals surface area contributed by atoms with Crippen LogP contribution in [-0.2, 0) is 0 Å². The van der Waals surface area contributed by atoms with Crippen molar-refractivity contribution in [3.63, 3.8) is 0 Å². The molecule has 0 bridgehead atoms. The predicted molar refractivity (Wildman–Crippen MR) is 64.2 cm³/mol. The van der Waals surface area contributed by atoms with E-state index in [9.17, 15) is 4.79 Å². The fraction of sp³-hybridized carbons (Fsp3) is 0.364. The Morgan fingerprint density at radius 1 is 1.12 bits per heavy atom. The van der Waals surface area contributed by atoms with Crippen molar-refractivity contribution in [2.75, 3.05) is 26.7 Å². The summed E-state index contributed by atoms with van der Waals surface area (Å²) in [6.07, 6.45) is 0. The van der Waals surface area contributed by atoms with Gasteiger partial charge in [0, 0.05) is 0 Å². The summed E-state index contributed by atoms with van der Waals surface area (Å²) in [5, 5.41) is 0.235. The monoisotopic (exact) mass is 288 g/mol.